The molecule has 1 aliphatic carbocycles. The molecule has 21 heavy (non-hydrogen) atoms. The molecule has 0 saturated carbocycles. The van der Waals surface area contributed by atoms with Gasteiger partial charge in [0.25, 0.3) is 0 Å². The summed E-state index contributed by atoms with van der Waals surface area (Å²) < 4.78 is 0. The summed E-state index contributed by atoms with van der Waals surface area (Å²) in [6.07, 6.45) is 2.28. The van der Waals surface area contributed by atoms with Gasteiger partial charge in [-0.2, -0.15) is 0 Å². The molecule has 1 N–H and O–H groups in total. The van der Waals surface area contributed by atoms with Crippen LogP contribution in [0.5, 0.6) is 0 Å². The van der Waals surface area contributed by atoms with Crippen LogP contribution in [0.3, 0.4) is 0 Å². The van der Waals surface area contributed by atoms with Crippen LogP contribution in [-0.2, 0) is 6.42 Å². The molecule has 2 aromatic rings. The van der Waals surface area contributed by atoms with Crippen molar-refractivity contribution in [3.05, 3.63) is 70.2 Å². The van der Waals surface area contributed by atoms with Gasteiger partial charge in [0.2, 0.25) is 0 Å². The Labute approximate surface area is 132 Å². The van der Waals surface area contributed by atoms with Crippen LogP contribution in [0.4, 0.5) is 0 Å². The molecule has 0 fully saturated rings. The van der Waals surface area contributed by atoms with Crippen LogP contribution < -0.4 is 5.32 Å². The van der Waals surface area contributed by atoms with Crippen molar-refractivity contribution in [1.29, 1.82) is 0 Å². The van der Waals surface area contributed by atoms with E-state index in [9.17, 15) is 0 Å². The lowest BCUT2D eigenvalue weighted by Crippen LogP contribution is -2.28. The van der Waals surface area contributed by atoms with Crippen LogP contribution in [-0.4, -0.2) is 0 Å². The fraction of sp³-hybridized carbons (Fsp3) is 0.368. The minimum Gasteiger partial charge on any atom is -0.303 e. The zero-order valence-electron chi connectivity index (χ0n) is 12.6. The average molecular weight is 300 g/mol. The zero-order valence-corrected chi connectivity index (χ0v) is 13.4. The fourth-order valence-electron chi connectivity index (χ4n) is 3.31. The van der Waals surface area contributed by atoms with E-state index in [-0.39, 0.29) is 0 Å². The van der Waals surface area contributed by atoms with Gasteiger partial charge in [-0.1, -0.05) is 61.8 Å². The van der Waals surface area contributed by atoms with Crippen LogP contribution in [0, 0.1) is 5.92 Å². The molecule has 2 heteroatoms. The molecule has 0 aromatic heterocycles. The molecule has 1 aliphatic rings. The van der Waals surface area contributed by atoms with Crippen LogP contribution in [0.1, 0.15) is 49.0 Å². The van der Waals surface area contributed by atoms with Gasteiger partial charge >= 0.3 is 0 Å². The summed E-state index contributed by atoms with van der Waals surface area (Å²) >= 11 is 6.10. The molecule has 0 saturated heterocycles. The highest BCUT2D eigenvalue weighted by atomic mass is 35.5. The molecule has 0 amide bonds. The molecule has 3 rings (SSSR count). The average Bonchev–Trinajstić information content (AvgIpc) is 2.87. The van der Waals surface area contributed by atoms with Gasteiger partial charge < -0.3 is 5.32 Å². The Morgan fingerprint density at radius 3 is 2.57 bits per heavy atom. The fourth-order valence-corrected chi connectivity index (χ4v) is 3.50. The first-order valence-corrected chi connectivity index (χ1v) is 8.12. The number of rotatable bonds is 4. The minimum atomic E-state index is 0.387. The van der Waals surface area contributed by atoms with Crippen molar-refractivity contribution in [2.75, 3.05) is 0 Å². The van der Waals surface area contributed by atoms with Crippen LogP contribution in [0.15, 0.2) is 48.5 Å². The Bertz CT molecular complexity index is 606. The van der Waals surface area contributed by atoms with E-state index in [4.69, 9.17) is 11.6 Å². The van der Waals surface area contributed by atoms with Gasteiger partial charge in [-0.05, 0) is 47.6 Å². The third-order valence-electron chi connectivity index (χ3n) is 4.39. The molecular weight excluding hydrogens is 278 g/mol. The minimum absolute atomic E-state index is 0.387. The van der Waals surface area contributed by atoms with E-state index >= 15 is 0 Å². The summed E-state index contributed by atoms with van der Waals surface area (Å²) in [5, 5.41) is 4.71. The van der Waals surface area contributed by atoms with Crippen LogP contribution in [0.2, 0.25) is 5.02 Å². The van der Waals surface area contributed by atoms with E-state index in [1.165, 1.54) is 16.7 Å². The molecule has 1 nitrogen and oxygen atoms in total. The van der Waals surface area contributed by atoms with Crippen molar-refractivity contribution in [3.8, 4) is 0 Å². The van der Waals surface area contributed by atoms with Crippen molar-refractivity contribution in [2.45, 2.75) is 38.8 Å². The Morgan fingerprint density at radius 2 is 1.86 bits per heavy atom. The first kappa shape index (κ1) is 14.6. The number of benzene rings is 2. The first-order chi connectivity index (χ1) is 10.1. The maximum absolute atomic E-state index is 6.10. The molecule has 0 spiro atoms. The van der Waals surface area contributed by atoms with Gasteiger partial charge in [-0.15, -0.1) is 0 Å². The third-order valence-corrected chi connectivity index (χ3v) is 4.62. The molecule has 2 atom stereocenters. The summed E-state index contributed by atoms with van der Waals surface area (Å²) in [6, 6.07) is 17.9. The lowest BCUT2D eigenvalue weighted by atomic mass is 9.94. The van der Waals surface area contributed by atoms with E-state index in [1.54, 1.807) is 0 Å². The standard InChI is InChI=1S/C19H22ClN/c1-13(2)19(14-6-4-3-5-7-14)21-18-11-8-15-12-16(20)9-10-17(15)18/h3-7,9-10,12-13,18-19,21H,8,11H2,1-2H3. The van der Waals surface area contributed by atoms with Crippen molar-refractivity contribution in [2.24, 2.45) is 5.92 Å². The van der Waals surface area contributed by atoms with E-state index in [2.05, 4.69) is 61.6 Å². The quantitative estimate of drug-likeness (QED) is 0.806. The van der Waals surface area contributed by atoms with Crippen molar-refractivity contribution in [3.63, 3.8) is 0 Å². The third kappa shape index (κ3) is 3.14. The largest absolute Gasteiger partial charge is 0.303 e. The SMILES string of the molecule is CC(C)C(NC1CCc2cc(Cl)ccc21)c1ccccc1. The first-order valence-electron chi connectivity index (χ1n) is 7.74. The second-order valence-electron chi connectivity index (χ2n) is 6.23. The summed E-state index contributed by atoms with van der Waals surface area (Å²) in [5.41, 5.74) is 4.19. The Hall–Kier alpha value is -1.31. The van der Waals surface area contributed by atoms with Gasteiger partial charge in [0.15, 0.2) is 0 Å². The lowest BCUT2D eigenvalue weighted by molar-refractivity contribution is 0.361. The van der Waals surface area contributed by atoms with Gasteiger partial charge in [0.1, 0.15) is 0 Å². The molecule has 110 valence electrons. The number of aryl methyl sites for hydroxylation is 1. The van der Waals surface area contributed by atoms with E-state index in [0.29, 0.717) is 18.0 Å². The monoisotopic (exact) mass is 299 g/mol. The summed E-state index contributed by atoms with van der Waals surface area (Å²) in [4.78, 5) is 0. The lowest BCUT2D eigenvalue weighted by Gasteiger charge is -2.27. The van der Waals surface area contributed by atoms with E-state index in [1.807, 2.05) is 6.07 Å². The Kier molecular flexibility index (Phi) is 4.32. The molecule has 2 unspecified atom stereocenters. The normalized spacial score (nSPS) is 18.8. The predicted octanol–water partition coefficient (Wildman–Crippen LogP) is 5.31. The number of halogens is 1. The van der Waals surface area contributed by atoms with Crippen LogP contribution >= 0.6 is 11.6 Å². The number of fused-ring (bicyclic) bond motifs is 1. The van der Waals surface area contributed by atoms with E-state index in [0.717, 1.165) is 17.9 Å². The van der Waals surface area contributed by atoms with Crippen molar-refractivity contribution >= 4 is 11.6 Å². The van der Waals surface area contributed by atoms with Gasteiger partial charge in [0.05, 0.1) is 0 Å². The topological polar surface area (TPSA) is 12.0 Å². The molecule has 0 radical (unpaired) electrons. The maximum Gasteiger partial charge on any atom is 0.0408 e. The Balaban J connectivity index is 1.83. The van der Waals surface area contributed by atoms with Crippen molar-refractivity contribution < 1.29 is 0 Å². The predicted molar refractivity (Wildman–Crippen MR) is 89.7 cm³/mol. The van der Waals surface area contributed by atoms with E-state index < -0.39 is 0 Å². The second-order valence-corrected chi connectivity index (χ2v) is 6.67. The smallest absolute Gasteiger partial charge is 0.0408 e. The maximum atomic E-state index is 6.10. The molecule has 0 bridgehead atoms. The Morgan fingerprint density at radius 1 is 1.10 bits per heavy atom. The summed E-state index contributed by atoms with van der Waals surface area (Å²) in [7, 11) is 0. The number of hydrogen-bond acceptors (Lipinski definition) is 1. The zero-order chi connectivity index (χ0) is 14.8. The summed E-state index contributed by atoms with van der Waals surface area (Å²) in [6.45, 7) is 4.56. The molecule has 2 aromatic carbocycles. The number of hydrogen-bond donors (Lipinski definition) is 1. The highest BCUT2D eigenvalue weighted by molar-refractivity contribution is 6.30. The molecule has 0 aliphatic heterocycles. The molecular formula is C19H22ClN. The van der Waals surface area contributed by atoms with Gasteiger partial charge in [0, 0.05) is 17.1 Å². The highest BCUT2D eigenvalue weighted by Crippen LogP contribution is 2.36. The van der Waals surface area contributed by atoms with Gasteiger partial charge in [-0.25, -0.2) is 0 Å². The van der Waals surface area contributed by atoms with Crippen molar-refractivity contribution in [1.82, 2.24) is 5.32 Å². The number of nitrogens with one attached hydrogen (secondary N) is 1. The summed E-state index contributed by atoms with van der Waals surface area (Å²) in [5.74, 6) is 0.559. The molecule has 0 heterocycles. The highest BCUT2D eigenvalue weighted by Gasteiger charge is 2.26. The van der Waals surface area contributed by atoms with Crippen LogP contribution in [0.25, 0.3) is 0 Å². The second kappa shape index (κ2) is 6.21. The van der Waals surface area contributed by atoms with Gasteiger partial charge in [-0.3, -0.25) is 0 Å².